The lowest BCUT2D eigenvalue weighted by molar-refractivity contribution is 0.413. The van der Waals surface area contributed by atoms with Gasteiger partial charge in [-0.2, -0.15) is 15.0 Å². The maximum absolute atomic E-state index is 13.0. The van der Waals surface area contributed by atoms with Crippen molar-refractivity contribution in [2.45, 2.75) is 10.6 Å². The number of ether oxygens (including phenoxy) is 1. The molecule has 0 unspecified atom stereocenters. The maximum atomic E-state index is 13.0. The summed E-state index contributed by atoms with van der Waals surface area (Å²) in [7, 11) is 1.63. The molecule has 2 aromatic carbocycles. The molecule has 128 valence electrons. The van der Waals surface area contributed by atoms with Gasteiger partial charge in [0.1, 0.15) is 17.4 Å². The largest absolute Gasteiger partial charge is 0.497 e. The average Bonchev–Trinajstić information content (AvgIpc) is 2.62. The van der Waals surface area contributed by atoms with Gasteiger partial charge in [-0.05, 0) is 42.5 Å². The molecule has 0 spiro atoms. The Balaban J connectivity index is 1.71. The fraction of sp³-hybridized carbons (Fsp3) is 0.118. The minimum atomic E-state index is -0.309. The van der Waals surface area contributed by atoms with Gasteiger partial charge in [-0.15, -0.1) is 11.8 Å². The number of nitrogens with zero attached hydrogens (tertiary/aromatic N) is 3. The zero-order chi connectivity index (χ0) is 17.6. The van der Waals surface area contributed by atoms with Crippen molar-refractivity contribution in [1.29, 1.82) is 0 Å². The lowest BCUT2D eigenvalue weighted by Gasteiger charge is -2.08. The van der Waals surface area contributed by atoms with Crippen molar-refractivity contribution >= 4 is 29.3 Å². The number of aromatic nitrogens is 3. The van der Waals surface area contributed by atoms with Crippen LogP contribution in [0.5, 0.6) is 5.75 Å². The molecule has 0 saturated heterocycles. The van der Waals surface area contributed by atoms with Crippen molar-refractivity contribution in [2.75, 3.05) is 18.2 Å². The predicted molar refractivity (Wildman–Crippen MR) is 96.5 cm³/mol. The highest BCUT2D eigenvalue weighted by atomic mass is 32.2. The Morgan fingerprint density at radius 3 is 2.68 bits per heavy atom. The molecule has 0 amide bonds. The molecule has 0 aliphatic rings. The smallest absolute Gasteiger partial charge is 0.232 e. The quantitative estimate of drug-likeness (QED) is 0.651. The summed E-state index contributed by atoms with van der Waals surface area (Å²) in [6.07, 6.45) is 0. The number of methoxy groups -OCH3 is 1. The number of anilines is 3. The standard InChI is InChI=1S/C17H16FN5OS/c1-24-13-3-2-4-14(9-13)25-10-15-21-16(19)23-17(22-15)20-12-7-5-11(18)6-8-12/h2-9H,10H2,1H3,(H3,19,20,21,22,23). The Bertz CT molecular complexity index is 860. The van der Waals surface area contributed by atoms with E-state index in [0.717, 1.165) is 10.6 Å². The second-order valence-electron chi connectivity index (χ2n) is 5.03. The van der Waals surface area contributed by atoms with Gasteiger partial charge in [-0.1, -0.05) is 6.07 Å². The zero-order valence-electron chi connectivity index (χ0n) is 13.4. The number of benzene rings is 2. The predicted octanol–water partition coefficient (Wildman–Crippen LogP) is 3.64. The molecule has 0 fully saturated rings. The van der Waals surface area contributed by atoms with Gasteiger partial charge < -0.3 is 15.8 Å². The molecule has 1 heterocycles. The Hall–Kier alpha value is -2.87. The number of nitrogens with one attached hydrogen (secondary N) is 1. The number of nitrogen functional groups attached to an aromatic ring is 1. The molecule has 0 saturated carbocycles. The monoisotopic (exact) mass is 357 g/mol. The van der Waals surface area contributed by atoms with Crippen LogP contribution in [0, 0.1) is 5.82 Å². The zero-order valence-corrected chi connectivity index (χ0v) is 14.3. The van der Waals surface area contributed by atoms with Crippen molar-refractivity contribution in [3.63, 3.8) is 0 Å². The molecule has 0 aliphatic carbocycles. The molecule has 3 aromatic rings. The number of hydrogen-bond acceptors (Lipinski definition) is 7. The van der Waals surface area contributed by atoms with Crippen LogP contribution in [-0.2, 0) is 5.75 Å². The SMILES string of the molecule is COc1cccc(SCc2nc(N)nc(Nc3ccc(F)cc3)n2)c1. The average molecular weight is 357 g/mol. The summed E-state index contributed by atoms with van der Waals surface area (Å²) >= 11 is 1.56. The van der Waals surface area contributed by atoms with E-state index in [1.165, 1.54) is 12.1 Å². The highest BCUT2D eigenvalue weighted by molar-refractivity contribution is 7.98. The third-order valence-corrected chi connectivity index (χ3v) is 4.20. The Morgan fingerprint density at radius 2 is 1.92 bits per heavy atom. The maximum Gasteiger partial charge on any atom is 0.232 e. The van der Waals surface area contributed by atoms with Gasteiger partial charge in [0, 0.05) is 10.6 Å². The molecular formula is C17H16FN5OS. The molecular weight excluding hydrogens is 341 g/mol. The van der Waals surface area contributed by atoms with E-state index in [4.69, 9.17) is 10.5 Å². The van der Waals surface area contributed by atoms with Crippen molar-refractivity contribution in [2.24, 2.45) is 0 Å². The van der Waals surface area contributed by atoms with Crippen LogP contribution in [0.3, 0.4) is 0 Å². The molecule has 25 heavy (non-hydrogen) atoms. The molecule has 0 aliphatic heterocycles. The van der Waals surface area contributed by atoms with Gasteiger partial charge in [-0.25, -0.2) is 4.39 Å². The Kier molecular flexibility index (Phi) is 5.30. The van der Waals surface area contributed by atoms with E-state index in [1.54, 1.807) is 31.0 Å². The van der Waals surface area contributed by atoms with Crippen LogP contribution < -0.4 is 15.8 Å². The first-order valence-corrected chi connectivity index (χ1v) is 8.41. The van der Waals surface area contributed by atoms with E-state index < -0.39 is 0 Å². The topological polar surface area (TPSA) is 86.0 Å². The molecule has 8 heteroatoms. The van der Waals surface area contributed by atoms with E-state index in [9.17, 15) is 4.39 Å². The number of thioether (sulfide) groups is 1. The summed E-state index contributed by atoms with van der Waals surface area (Å²) in [4.78, 5) is 13.6. The molecule has 0 radical (unpaired) electrons. The second kappa shape index (κ2) is 7.80. The van der Waals surface area contributed by atoms with E-state index in [2.05, 4.69) is 20.3 Å². The third-order valence-electron chi connectivity index (χ3n) is 3.21. The summed E-state index contributed by atoms with van der Waals surface area (Å²) in [5.41, 5.74) is 6.43. The van der Waals surface area contributed by atoms with Crippen molar-refractivity contribution in [3.05, 3.63) is 60.2 Å². The van der Waals surface area contributed by atoms with E-state index >= 15 is 0 Å². The Labute approximate surface area is 148 Å². The summed E-state index contributed by atoms with van der Waals surface area (Å²) < 4.78 is 18.2. The first-order chi connectivity index (χ1) is 12.1. The van der Waals surface area contributed by atoms with Gasteiger partial charge in [0.15, 0.2) is 0 Å². The number of hydrogen-bond donors (Lipinski definition) is 2. The minimum absolute atomic E-state index is 0.126. The van der Waals surface area contributed by atoms with Gasteiger partial charge in [0.05, 0.1) is 12.9 Å². The number of rotatable bonds is 6. The minimum Gasteiger partial charge on any atom is -0.497 e. The van der Waals surface area contributed by atoms with Gasteiger partial charge in [-0.3, -0.25) is 0 Å². The molecule has 6 nitrogen and oxygen atoms in total. The van der Waals surface area contributed by atoms with Crippen molar-refractivity contribution in [3.8, 4) is 5.75 Å². The lowest BCUT2D eigenvalue weighted by Crippen LogP contribution is -2.06. The van der Waals surface area contributed by atoms with Gasteiger partial charge in [0.2, 0.25) is 11.9 Å². The van der Waals surface area contributed by atoms with Gasteiger partial charge >= 0.3 is 0 Å². The summed E-state index contributed by atoms with van der Waals surface area (Å²) in [6, 6.07) is 13.6. The van der Waals surface area contributed by atoms with E-state index in [0.29, 0.717) is 23.2 Å². The summed E-state index contributed by atoms with van der Waals surface area (Å²) in [5.74, 6) is 2.00. The van der Waals surface area contributed by atoms with Crippen LogP contribution in [0.15, 0.2) is 53.4 Å². The van der Waals surface area contributed by atoms with Crippen LogP contribution in [0.25, 0.3) is 0 Å². The van der Waals surface area contributed by atoms with Crippen molar-refractivity contribution < 1.29 is 9.13 Å². The highest BCUT2D eigenvalue weighted by Crippen LogP contribution is 2.25. The normalized spacial score (nSPS) is 10.5. The number of nitrogens with two attached hydrogens (primary N) is 1. The molecule has 0 bridgehead atoms. The summed E-state index contributed by atoms with van der Waals surface area (Å²) in [5, 5.41) is 2.99. The highest BCUT2D eigenvalue weighted by Gasteiger charge is 2.07. The van der Waals surface area contributed by atoms with Crippen LogP contribution in [0.4, 0.5) is 22.0 Å². The van der Waals surface area contributed by atoms with E-state index in [1.807, 2.05) is 24.3 Å². The van der Waals surface area contributed by atoms with E-state index in [-0.39, 0.29) is 11.8 Å². The Morgan fingerprint density at radius 1 is 1.12 bits per heavy atom. The molecule has 0 atom stereocenters. The van der Waals surface area contributed by atoms with Crippen molar-refractivity contribution in [1.82, 2.24) is 15.0 Å². The third kappa shape index (κ3) is 4.80. The van der Waals surface area contributed by atoms with Gasteiger partial charge in [0.25, 0.3) is 0 Å². The first-order valence-electron chi connectivity index (χ1n) is 7.42. The molecule has 1 aromatic heterocycles. The fourth-order valence-electron chi connectivity index (χ4n) is 2.06. The summed E-state index contributed by atoms with van der Waals surface area (Å²) in [6.45, 7) is 0. The van der Waals surface area contributed by atoms with Crippen LogP contribution >= 0.6 is 11.8 Å². The second-order valence-corrected chi connectivity index (χ2v) is 6.08. The fourth-order valence-corrected chi connectivity index (χ4v) is 2.86. The first kappa shape index (κ1) is 17.0. The van der Waals surface area contributed by atoms with Crippen LogP contribution in [0.2, 0.25) is 0 Å². The van der Waals surface area contributed by atoms with Crippen LogP contribution in [-0.4, -0.2) is 22.1 Å². The molecule has 3 rings (SSSR count). The van der Waals surface area contributed by atoms with Crippen LogP contribution in [0.1, 0.15) is 5.82 Å². The molecule has 3 N–H and O–H groups in total. The number of halogens is 1. The lowest BCUT2D eigenvalue weighted by atomic mass is 10.3.